The highest BCUT2D eigenvalue weighted by Gasteiger charge is 2.26. The van der Waals surface area contributed by atoms with E-state index in [2.05, 4.69) is 62.5 Å². The third-order valence-corrected chi connectivity index (χ3v) is 15.2. The Morgan fingerprint density at radius 1 is 0.413 bits per heavy atom. The molecule has 0 fully saturated rings. The highest BCUT2D eigenvalue weighted by atomic mass is 31.2. The van der Waals surface area contributed by atoms with Crippen LogP contribution in [0.2, 0.25) is 0 Å². The predicted octanol–water partition coefficient (Wildman–Crippen LogP) is 20.5. The molecule has 2 atom stereocenters. The maximum absolute atomic E-state index is 12.7. The molecule has 10 heteroatoms. The van der Waals surface area contributed by atoms with E-state index < -0.39 is 26.5 Å². The van der Waals surface area contributed by atoms with Gasteiger partial charge in [-0.05, 0) is 51.4 Å². The first-order chi connectivity index (χ1) is 36.8. The summed E-state index contributed by atoms with van der Waals surface area (Å²) in [6, 6.07) is 0. The zero-order valence-corrected chi connectivity index (χ0v) is 50.2. The van der Waals surface area contributed by atoms with Crippen molar-refractivity contribution < 1.29 is 37.6 Å². The number of carbonyl (C=O) groups excluding carboxylic acids is 2. The number of nitrogens with two attached hydrogens (primary N) is 1. The largest absolute Gasteiger partial charge is 0.472 e. The summed E-state index contributed by atoms with van der Waals surface area (Å²) in [6.45, 7) is 3.67. The normalized spacial score (nSPS) is 13.3. The summed E-state index contributed by atoms with van der Waals surface area (Å²) in [5, 5.41) is 0. The fraction of sp³-hybridized carbons (Fsp3) is 0.846. The Hall–Kier alpha value is -2.03. The molecule has 0 amide bonds. The van der Waals surface area contributed by atoms with Crippen LogP contribution in [0.5, 0.6) is 0 Å². The Kier molecular flexibility index (Phi) is 59.5. The van der Waals surface area contributed by atoms with Crippen LogP contribution in [0.4, 0.5) is 0 Å². The van der Waals surface area contributed by atoms with Crippen molar-refractivity contribution in [3.05, 3.63) is 48.6 Å². The van der Waals surface area contributed by atoms with Crippen molar-refractivity contribution in [2.24, 2.45) is 5.73 Å². The number of carbonyl (C=O) groups is 2. The van der Waals surface area contributed by atoms with Crippen molar-refractivity contribution in [3.63, 3.8) is 0 Å². The maximum Gasteiger partial charge on any atom is 0.472 e. The lowest BCUT2D eigenvalue weighted by Crippen LogP contribution is -2.29. The fourth-order valence-corrected chi connectivity index (χ4v) is 10.3. The van der Waals surface area contributed by atoms with Crippen LogP contribution in [0.25, 0.3) is 0 Å². The van der Waals surface area contributed by atoms with Gasteiger partial charge in [-0.3, -0.25) is 18.6 Å². The number of hydrogen-bond donors (Lipinski definition) is 2. The van der Waals surface area contributed by atoms with Crippen LogP contribution < -0.4 is 5.73 Å². The van der Waals surface area contributed by atoms with Crippen molar-refractivity contribution in [2.75, 3.05) is 26.4 Å². The molecule has 0 aliphatic heterocycles. The van der Waals surface area contributed by atoms with E-state index in [0.29, 0.717) is 6.42 Å². The standard InChI is InChI=1S/C65H122NO8P/c1-3-5-7-9-11-13-15-17-19-21-23-25-26-27-28-29-30-31-32-33-34-35-36-38-39-41-43-45-47-49-51-53-55-57-64(67)71-61-63(62-73-75(69,70)72-60-59-66)74-65(68)58-56-54-52-50-48-46-44-42-40-37-24-22-20-18-16-14-12-10-8-6-4-2/h6,8,12,14,18,20,24,37,63H,3-5,7,9-11,13,15-17,19,21-23,25-36,38-62,66H2,1-2H3,(H,69,70)/b8-6-,14-12-,20-18-,37-24-. The highest BCUT2D eigenvalue weighted by Crippen LogP contribution is 2.43. The van der Waals surface area contributed by atoms with E-state index >= 15 is 0 Å². The topological polar surface area (TPSA) is 134 Å². The van der Waals surface area contributed by atoms with Crippen LogP contribution in [0, 0.1) is 0 Å². The summed E-state index contributed by atoms with van der Waals surface area (Å²) < 4.78 is 33.1. The van der Waals surface area contributed by atoms with Gasteiger partial charge in [-0.1, -0.05) is 306 Å². The number of phosphoric ester groups is 1. The van der Waals surface area contributed by atoms with Crippen LogP contribution in [0.15, 0.2) is 48.6 Å². The minimum atomic E-state index is -4.39. The van der Waals surface area contributed by atoms with Gasteiger partial charge in [0.2, 0.25) is 0 Å². The van der Waals surface area contributed by atoms with Crippen molar-refractivity contribution in [1.29, 1.82) is 0 Å². The lowest BCUT2D eigenvalue weighted by atomic mass is 10.0. The van der Waals surface area contributed by atoms with Crippen LogP contribution in [-0.2, 0) is 32.7 Å². The molecule has 0 heterocycles. The van der Waals surface area contributed by atoms with E-state index in [1.807, 2.05) is 0 Å². The molecule has 0 saturated carbocycles. The average molecular weight is 1080 g/mol. The number of allylic oxidation sites excluding steroid dienone is 8. The van der Waals surface area contributed by atoms with E-state index in [1.165, 1.54) is 218 Å². The summed E-state index contributed by atoms with van der Waals surface area (Å²) >= 11 is 0. The van der Waals surface area contributed by atoms with Gasteiger partial charge in [0.25, 0.3) is 0 Å². The molecule has 440 valence electrons. The second-order valence-corrected chi connectivity index (χ2v) is 23.1. The summed E-state index contributed by atoms with van der Waals surface area (Å²) in [6.07, 6.45) is 76.3. The zero-order chi connectivity index (χ0) is 54.5. The van der Waals surface area contributed by atoms with Crippen molar-refractivity contribution >= 4 is 19.8 Å². The smallest absolute Gasteiger partial charge is 0.462 e. The molecule has 3 N–H and O–H groups in total. The lowest BCUT2D eigenvalue weighted by Gasteiger charge is -2.19. The first-order valence-electron chi connectivity index (χ1n) is 32.1. The lowest BCUT2D eigenvalue weighted by molar-refractivity contribution is -0.161. The predicted molar refractivity (Wildman–Crippen MR) is 321 cm³/mol. The van der Waals surface area contributed by atoms with Crippen LogP contribution in [-0.4, -0.2) is 49.3 Å². The molecule has 2 unspecified atom stereocenters. The molecule has 0 rings (SSSR count). The fourth-order valence-electron chi connectivity index (χ4n) is 9.51. The van der Waals surface area contributed by atoms with Crippen LogP contribution in [0.3, 0.4) is 0 Å². The molecule has 0 bridgehead atoms. The summed E-state index contributed by atoms with van der Waals surface area (Å²) in [5.74, 6) is -0.823. The average Bonchev–Trinajstić information content (AvgIpc) is 3.40. The second-order valence-electron chi connectivity index (χ2n) is 21.6. The second kappa shape index (κ2) is 61.2. The number of hydrogen-bond acceptors (Lipinski definition) is 8. The Balaban J connectivity index is 3.84. The molecule has 0 aromatic rings. The Morgan fingerprint density at radius 2 is 0.733 bits per heavy atom. The van der Waals surface area contributed by atoms with E-state index in [0.717, 1.165) is 70.6 Å². The number of rotatable bonds is 61. The molecular weight excluding hydrogens is 954 g/mol. The number of ether oxygens (including phenoxy) is 2. The molecule has 0 aromatic carbocycles. The van der Waals surface area contributed by atoms with Gasteiger partial charge in [0.1, 0.15) is 6.61 Å². The third kappa shape index (κ3) is 61.1. The van der Waals surface area contributed by atoms with Crippen LogP contribution in [0.1, 0.15) is 322 Å². The monoisotopic (exact) mass is 1080 g/mol. The van der Waals surface area contributed by atoms with Gasteiger partial charge in [0.15, 0.2) is 6.10 Å². The molecule has 0 spiro atoms. The summed E-state index contributed by atoms with van der Waals surface area (Å²) in [7, 11) is -4.39. The van der Waals surface area contributed by atoms with Crippen molar-refractivity contribution in [2.45, 2.75) is 328 Å². The van der Waals surface area contributed by atoms with Gasteiger partial charge < -0.3 is 20.1 Å². The van der Waals surface area contributed by atoms with E-state index in [1.54, 1.807) is 0 Å². The molecule has 0 aliphatic rings. The zero-order valence-electron chi connectivity index (χ0n) is 49.3. The number of esters is 2. The molecule has 0 aromatic heterocycles. The first-order valence-corrected chi connectivity index (χ1v) is 33.6. The molecule has 9 nitrogen and oxygen atoms in total. The van der Waals surface area contributed by atoms with Crippen molar-refractivity contribution in [3.8, 4) is 0 Å². The van der Waals surface area contributed by atoms with Crippen LogP contribution >= 0.6 is 7.82 Å². The quantitative estimate of drug-likeness (QED) is 0.0264. The van der Waals surface area contributed by atoms with E-state index in [-0.39, 0.29) is 38.6 Å². The SMILES string of the molecule is CC/C=C\C/C=C\C/C=C\C/C=C\CCCCCCCCCCC(=O)OC(COC(=O)CCCCCCCCCCCCCCCCCCCCCCCCCCCCCCCCCCC)COP(=O)(O)OCCN. The third-order valence-electron chi connectivity index (χ3n) is 14.2. The molecule has 0 aliphatic carbocycles. The van der Waals surface area contributed by atoms with Gasteiger partial charge in [0.05, 0.1) is 13.2 Å². The minimum absolute atomic E-state index is 0.0520. The van der Waals surface area contributed by atoms with E-state index in [4.69, 9.17) is 24.3 Å². The summed E-state index contributed by atoms with van der Waals surface area (Å²) in [5.41, 5.74) is 5.39. The van der Waals surface area contributed by atoms with E-state index in [9.17, 15) is 19.0 Å². The minimum Gasteiger partial charge on any atom is -0.462 e. The first kappa shape index (κ1) is 73.0. The van der Waals surface area contributed by atoms with Gasteiger partial charge in [-0.15, -0.1) is 0 Å². The molecule has 75 heavy (non-hydrogen) atoms. The number of unbranched alkanes of at least 4 members (excludes halogenated alkanes) is 40. The van der Waals surface area contributed by atoms with Gasteiger partial charge in [-0.25, -0.2) is 4.57 Å². The highest BCUT2D eigenvalue weighted by molar-refractivity contribution is 7.47. The van der Waals surface area contributed by atoms with Crippen molar-refractivity contribution in [1.82, 2.24) is 0 Å². The Labute approximate surface area is 464 Å². The molecule has 0 radical (unpaired) electrons. The number of phosphoric acid groups is 1. The Morgan fingerprint density at radius 3 is 1.09 bits per heavy atom. The molecule has 0 saturated heterocycles. The molecular formula is C65H122NO8P. The van der Waals surface area contributed by atoms with Gasteiger partial charge in [0, 0.05) is 19.4 Å². The Bertz CT molecular complexity index is 1370. The maximum atomic E-state index is 12.7. The van der Waals surface area contributed by atoms with Gasteiger partial charge >= 0.3 is 19.8 Å². The summed E-state index contributed by atoms with van der Waals surface area (Å²) in [4.78, 5) is 35.2. The van der Waals surface area contributed by atoms with Gasteiger partial charge in [-0.2, -0.15) is 0 Å².